The van der Waals surface area contributed by atoms with Crippen LogP contribution in [0.1, 0.15) is 40.2 Å². The lowest BCUT2D eigenvalue weighted by Crippen LogP contribution is -2.15. The summed E-state index contributed by atoms with van der Waals surface area (Å²) in [5, 5.41) is 17.4. The number of amides is 1. The molecule has 7 heteroatoms. The molecule has 0 atom stereocenters. The lowest BCUT2D eigenvalue weighted by molar-refractivity contribution is -0.116. The van der Waals surface area contributed by atoms with Crippen molar-refractivity contribution in [1.82, 2.24) is 9.78 Å². The number of nitriles is 1. The fraction of sp³-hybridized carbons (Fsp3) is 0.438. The van der Waals surface area contributed by atoms with Crippen LogP contribution in [0.2, 0.25) is 0 Å². The molecule has 0 aliphatic heterocycles. The van der Waals surface area contributed by atoms with Crippen molar-refractivity contribution in [3.8, 4) is 6.07 Å². The van der Waals surface area contributed by atoms with Crippen molar-refractivity contribution in [1.29, 1.82) is 5.26 Å². The molecule has 0 fully saturated rings. The number of thiophene rings is 1. The highest BCUT2D eigenvalue weighted by Crippen LogP contribution is 2.38. The number of nitrogens with one attached hydrogen (secondary N) is 1. The molecule has 120 valence electrons. The Bertz CT molecular complexity index is 815. The van der Waals surface area contributed by atoms with Gasteiger partial charge in [-0.15, -0.1) is 11.3 Å². The molecule has 0 saturated carbocycles. The number of carbonyl (C=O) groups is 1. The van der Waals surface area contributed by atoms with Crippen LogP contribution in [-0.2, 0) is 24.2 Å². The minimum atomic E-state index is -0.0786. The molecule has 1 amide bonds. The van der Waals surface area contributed by atoms with E-state index in [4.69, 9.17) is 0 Å². The van der Waals surface area contributed by atoms with E-state index in [9.17, 15) is 10.1 Å². The van der Waals surface area contributed by atoms with E-state index < -0.39 is 0 Å². The van der Waals surface area contributed by atoms with Crippen LogP contribution in [0, 0.1) is 25.2 Å². The highest BCUT2D eigenvalue weighted by atomic mass is 79.9. The van der Waals surface area contributed by atoms with Crippen molar-refractivity contribution in [2.24, 2.45) is 0 Å². The summed E-state index contributed by atoms with van der Waals surface area (Å²) in [4.78, 5) is 13.5. The van der Waals surface area contributed by atoms with Gasteiger partial charge in [0.2, 0.25) is 5.91 Å². The molecule has 2 heterocycles. The predicted molar refractivity (Wildman–Crippen MR) is 93.7 cm³/mol. The van der Waals surface area contributed by atoms with Crippen LogP contribution < -0.4 is 5.32 Å². The first-order valence-corrected chi connectivity index (χ1v) is 9.16. The summed E-state index contributed by atoms with van der Waals surface area (Å²) in [6.45, 7) is 4.43. The molecule has 2 aromatic heterocycles. The molecule has 0 saturated heterocycles. The van der Waals surface area contributed by atoms with Gasteiger partial charge in [0.25, 0.3) is 0 Å². The molecule has 0 bridgehead atoms. The molecule has 1 aliphatic carbocycles. The van der Waals surface area contributed by atoms with Gasteiger partial charge in [-0.25, -0.2) is 0 Å². The summed E-state index contributed by atoms with van der Waals surface area (Å²) in [6.07, 6.45) is 3.41. The van der Waals surface area contributed by atoms with Crippen LogP contribution in [0.4, 0.5) is 5.00 Å². The number of fused-ring (bicyclic) bond motifs is 1. The van der Waals surface area contributed by atoms with E-state index >= 15 is 0 Å². The normalized spacial score (nSPS) is 13.0. The SMILES string of the molecule is Cc1nn(CCC(=O)Nc2sc3c(c2C#N)CCC3)c(C)c1Br. The third kappa shape index (κ3) is 3.06. The molecular weight excluding hydrogens is 376 g/mol. The number of carbonyl (C=O) groups excluding carboxylic acids is 1. The molecule has 0 unspecified atom stereocenters. The third-order valence-electron chi connectivity index (χ3n) is 4.13. The molecule has 1 aliphatic rings. The molecule has 23 heavy (non-hydrogen) atoms. The number of anilines is 1. The van der Waals surface area contributed by atoms with Crippen molar-refractivity contribution < 1.29 is 4.79 Å². The minimum Gasteiger partial charge on any atom is -0.317 e. The predicted octanol–water partition coefficient (Wildman–Crippen LogP) is 3.71. The van der Waals surface area contributed by atoms with E-state index in [1.54, 1.807) is 11.3 Å². The van der Waals surface area contributed by atoms with Crippen LogP contribution >= 0.6 is 27.3 Å². The number of aryl methyl sites for hydroxylation is 3. The first-order chi connectivity index (χ1) is 11.0. The number of hydrogen-bond acceptors (Lipinski definition) is 4. The zero-order valence-electron chi connectivity index (χ0n) is 13.1. The first-order valence-electron chi connectivity index (χ1n) is 7.55. The third-order valence-corrected chi connectivity index (χ3v) is 6.48. The summed E-state index contributed by atoms with van der Waals surface area (Å²) >= 11 is 5.03. The minimum absolute atomic E-state index is 0.0786. The zero-order chi connectivity index (χ0) is 16.6. The molecule has 5 nitrogen and oxygen atoms in total. The molecule has 2 aromatic rings. The van der Waals surface area contributed by atoms with Gasteiger partial charge in [-0.1, -0.05) is 0 Å². The largest absolute Gasteiger partial charge is 0.317 e. The Labute approximate surface area is 147 Å². The molecular formula is C16H17BrN4OS. The molecule has 0 radical (unpaired) electrons. The van der Waals surface area contributed by atoms with E-state index in [2.05, 4.69) is 32.4 Å². The van der Waals surface area contributed by atoms with E-state index in [0.29, 0.717) is 23.5 Å². The smallest absolute Gasteiger partial charge is 0.226 e. The number of halogens is 1. The standard InChI is InChI=1S/C16H17BrN4OS/c1-9-15(17)10(2)21(20-9)7-6-14(22)19-16-12(8-18)11-4-3-5-13(11)23-16/h3-7H2,1-2H3,(H,19,22). The molecule has 0 spiro atoms. The Morgan fingerprint density at radius 3 is 2.91 bits per heavy atom. The van der Waals surface area contributed by atoms with Crippen molar-refractivity contribution in [3.63, 3.8) is 0 Å². The highest BCUT2D eigenvalue weighted by Gasteiger charge is 2.23. The fourth-order valence-corrected chi connectivity index (χ4v) is 4.44. The van der Waals surface area contributed by atoms with Crippen molar-refractivity contribution in [3.05, 3.63) is 31.9 Å². The number of rotatable bonds is 4. The van der Waals surface area contributed by atoms with Crippen LogP contribution in [0.25, 0.3) is 0 Å². The summed E-state index contributed by atoms with van der Waals surface area (Å²) in [5.74, 6) is -0.0786. The lowest BCUT2D eigenvalue weighted by Gasteiger charge is -2.06. The van der Waals surface area contributed by atoms with Gasteiger partial charge in [-0.3, -0.25) is 9.48 Å². The lowest BCUT2D eigenvalue weighted by atomic mass is 10.1. The molecule has 3 rings (SSSR count). The van der Waals surface area contributed by atoms with Crippen LogP contribution in [0.3, 0.4) is 0 Å². The maximum absolute atomic E-state index is 12.2. The summed E-state index contributed by atoms with van der Waals surface area (Å²) < 4.78 is 2.82. The fourth-order valence-electron chi connectivity index (χ4n) is 2.90. The second kappa shape index (κ2) is 6.46. The summed E-state index contributed by atoms with van der Waals surface area (Å²) in [7, 11) is 0. The summed E-state index contributed by atoms with van der Waals surface area (Å²) in [6, 6.07) is 2.25. The monoisotopic (exact) mass is 392 g/mol. The Morgan fingerprint density at radius 1 is 1.48 bits per heavy atom. The molecule has 1 N–H and O–H groups in total. The van der Waals surface area contributed by atoms with E-state index in [1.165, 1.54) is 4.88 Å². The van der Waals surface area contributed by atoms with Gasteiger partial charge in [0.15, 0.2) is 0 Å². The highest BCUT2D eigenvalue weighted by molar-refractivity contribution is 9.10. The van der Waals surface area contributed by atoms with E-state index in [0.717, 1.165) is 40.7 Å². The topological polar surface area (TPSA) is 70.7 Å². The number of aromatic nitrogens is 2. The first kappa shape index (κ1) is 16.2. The second-order valence-corrected chi connectivity index (χ2v) is 7.58. The van der Waals surface area contributed by atoms with Gasteiger partial charge in [0.05, 0.1) is 22.3 Å². The van der Waals surface area contributed by atoms with Gasteiger partial charge in [0, 0.05) is 17.0 Å². The summed E-state index contributed by atoms with van der Waals surface area (Å²) in [5.41, 5.74) is 3.73. The van der Waals surface area contributed by atoms with Gasteiger partial charge in [-0.05, 0) is 54.6 Å². The average molecular weight is 393 g/mol. The Kier molecular flexibility index (Phi) is 4.55. The van der Waals surface area contributed by atoms with Gasteiger partial charge in [0.1, 0.15) is 11.1 Å². The zero-order valence-corrected chi connectivity index (χ0v) is 15.5. The van der Waals surface area contributed by atoms with Crippen molar-refractivity contribution in [2.45, 2.75) is 46.1 Å². The average Bonchev–Trinajstić information content (AvgIpc) is 3.15. The van der Waals surface area contributed by atoms with Gasteiger partial charge >= 0.3 is 0 Å². The molecule has 0 aromatic carbocycles. The van der Waals surface area contributed by atoms with E-state index in [1.807, 2.05) is 18.5 Å². The quantitative estimate of drug-likeness (QED) is 0.861. The number of nitrogens with zero attached hydrogens (tertiary/aromatic N) is 3. The van der Waals surface area contributed by atoms with Gasteiger partial charge in [-0.2, -0.15) is 10.4 Å². The van der Waals surface area contributed by atoms with Gasteiger partial charge < -0.3 is 5.32 Å². The van der Waals surface area contributed by atoms with Crippen molar-refractivity contribution in [2.75, 3.05) is 5.32 Å². The maximum atomic E-state index is 12.2. The number of hydrogen-bond donors (Lipinski definition) is 1. The van der Waals surface area contributed by atoms with Crippen molar-refractivity contribution >= 4 is 38.2 Å². The van der Waals surface area contributed by atoms with E-state index in [-0.39, 0.29) is 5.91 Å². The second-order valence-electron chi connectivity index (χ2n) is 5.68. The Morgan fingerprint density at radius 2 is 2.26 bits per heavy atom. The van der Waals surface area contributed by atoms with Crippen LogP contribution in [0.15, 0.2) is 4.47 Å². The van der Waals surface area contributed by atoms with Crippen LogP contribution in [0.5, 0.6) is 0 Å². The van der Waals surface area contributed by atoms with Crippen LogP contribution in [-0.4, -0.2) is 15.7 Å². The Hall–Kier alpha value is -1.65. The Balaban J connectivity index is 1.66. The maximum Gasteiger partial charge on any atom is 0.226 e.